The Morgan fingerprint density at radius 3 is 2.44 bits per heavy atom. The van der Waals surface area contributed by atoms with E-state index in [1.54, 1.807) is 22.2 Å². The zero-order valence-electron chi connectivity index (χ0n) is 11.3. The summed E-state index contributed by atoms with van der Waals surface area (Å²) in [5.74, 6) is 0.747. The van der Waals surface area contributed by atoms with Crippen LogP contribution in [0.25, 0.3) is 0 Å². The highest BCUT2D eigenvalue weighted by atomic mass is 16.2. The Morgan fingerprint density at radius 1 is 1.28 bits per heavy atom. The summed E-state index contributed by atoms with van der Waals surface area (Å²) >= 11 is 0. The lowest BCUT2D eigenvalue weighted by molar-refractivity contribution is -0.129. The summed E-state index contributed by atoms with van der Waals surface area (Å²) in [5, 5.41) is 0. The van der Waals surface area contributed by atoms with E-state index in [2.05, 4.69) is 9.97 Å². The fourth-order valence-electron chi connectivity index (χ4n) is 1.78. The third kappa shape index (κ3) is 3.40. The van der Waals surface area contributed by atoms with Gasteiger partial charge in [0.2, 0.25) is 5.91 Å². The third-order valence-corrected chi connectivity index (χ3v) is 2.80. The van der Waals surface area contributed by atoms with Crippen molar-refractivity contribution in [3.63, 3.8) is 0 Å². The molecule has 1 rings (SSSR count). The lowest BCUT2D eigenvalue weighted by Gasteiger charge is -2.24. The van der Waals surface area contributed by atoms with Crippen molar-refractivity contribution in [2.75, 3.05) is 31.6 Å². The standard InChI is InChI=1S/C12H21N5O/c1-4-17(5-2)11(18)9-16(3)12-10(8-13)14-6-7-15-12/h6-7H,4-5,8-9,13H2,1-3H3. The van der Waals surface area contributed by atoms with E-state index in [0.29, 0.717) is 31.1 Å². The molecule has 100 valence electrons. The van der Waals surface area contributed by atoms with Crippen LogP contribution in [-0.2, 0) is 11.3 Å². The van der Waals surface area contributed by atoms with E-state index < -0.39 is 0 Å². The Hall–Kier alpha value is -1.69. The van der Waals surface area contributed by atoms with Crippen molar-refractivity contribution < 1.29 is 4.79 Å². The van der Waals surface area contributed by atoms with Gasteiger partial charge in [0.1, 0.15) is 0 Å². The number of hydrogen-bond acceptors (Lipinski definition) is 5. The lowest BCUT2D eigenvalue weighted by atomic mass is 10.3. The molecule has 0 unspecified atom stereocenters. The number of aromatic nitrogens is 2. The maximum Gasteiger partial charge on any atom is 0.242 e. The van der Waals surface area contributed by atoms with Crippen LogP contribution in [0.15, 0.2) is 12.4 Å². The van der Waals surface area contributed by atoms with Gasteiger partial charge in [-0.15, -0.1) is 0 Å². The summed E-state index contributed by atoms with van der Waals surface area (Å²) < 4.78 is 0. The first kappa shape index (κ1) is 14.4. The van der Waals surface area contributed by atoms with E-state index in [-0.39, 0.29) is 12.5 Å². The Morgan fingerprint density at radius 2 is 1.89 bits per heavy atom. The molecule has 1 aromatic heterocycles. The Labute approximate surface area is 108 Å². The van der Waals surface area contributed by atoms with Crippen molar-refractivity contribution >= 4 is 11.7 Å². The van der Waals surface area contributed by atoms with Gasteiger partial charge in [-0.3, -0.25) is 9.78 Å². The van der Waals surface area contributed by atoms with Crippen LogP contribution in [0.1, 0.15) is 19.5 Å². The maximum atomic E-state index is 12.0. The van der Waals surface area contributed by atoms with Crippen LogP contribution >= 0.6 is 0 Å². The fraction of sp³-hybridized carbons (Fsp3) is 0.583. The predicted octanol–water partition coefficient (Wildman–Crippen LogP) is 0.240. The van der Waals surface area contributed by atoms with Crippen LogP contribution in [0.2, 0.25) is 0 Å². The molecule has 0 fully saturated rings. The molecule has 0 aliphatic heterocycles. The van der Waals surface area contributed by atoms with Gasteiger partial charge in [0.15, 0.2) is 5.82 Å². The molecule has 6 heteroatoms. The van der Waals surface area contributed by atoms with Crippen LogP contribution < -0.4 is 10.6 Å². The molecule has 6 nitrogen and oxygen atoms in total. The monoisotopic (exact) mass is 251 g/mol. The van der Waals surface area contributed by atoms with E-state index in [1.165, 1.54) is 0 Å². The summed E-state index contributed by atoms with van der Waals surface area (Å²) in [6, 6.07) is 0. The zero-order chi connectivity index (χ0) is 13.5. The molecule has 1 amide bonds. The molecule has 18 heavy (non-hydrogen) atoms. The van der Waals surface area contributed by atoms with E-state index in [1.807, 2.05) is 20.9 Å². The minimum absolute atomic E-state index is 0.0797. The first-order valence-electron chi connectivity index (χ1n) is 6.12. The van der Waals surface area contributed by atoms with Gasteiger partial charge in [-0.2, -0.15) is 0 Å². The second-order valence-electron chi connectivity index (χ2n) is 3.95. The van der Waals surface area contributed by atoms with Crippen LogP contribution in [-0.4, -0.2) is 47.5 Å². The number of amides is 1. The van der Waals surface area contributed by atoms with Crippen LogP contribution in [0.4, 0.5) is 5.82 Å². The van der Waals surface area contributed by atoms with E-state index in [9.17, 15) is 4.79 Å². The smallest absolute Gasteiger partial charge is 0.242 e. The topological polar surface area (TPSA) is 75.4 Å². The average Bonchev–Trinajstić information content (AvgIpc) is 2.40. The quantitative estimate of drug-likeness (QED) is 0.784. The second-order valence-corrected chi connectivity index (χ2v) is 3.95. The van der Waals surface area contributed by atoms with Gasteiger partial charge in [-0.05, 0) is 13.8 Å². The van der Waals surface area contributed by atoms with E-state index >= 15 is 0 Å². The lowest BCUT2D eigenvalue weighted by Crippen LogP contribution is -2.39. The van der Waals surface area contributed by atoms with Crippen molar-refractivity contribution in [3.05, 3.63) is 18.1 Å². The number of carbonyl (C=O) groups excluding carboxylic acids is 1. The number of hydrogen-bond donors (Lipinski definition) is 1. The molecule has 0 bridgehead atoms. The Bertz CT molecular complexity index is 392. The largest absolute Gasteiger partial charge is 0.349 e. The normalized spacial score (nSPS) is 10.2. The molecule has 1 heterocycles. The molecule has 0 radical (unpaired) electrons. The van der Waals surface area contributed by atoms with Gasteiger partial charge in [0.05, 0.1) is 12.2 Å². The SMILES string of the molecule is CCN(CC)C(=O)CN(C)c1nccnc1CN. The molecule has 1 aromatic rings. The second kappa shape index (κ2) is 6.90. The molecule has 0 aromatic carbocycles. The predicted molar refractivity (Wildman–Crippen MR) is 71.1 cm³/mol. The minimum atomic E-state index is 0.0797. The molecule has 0 aliphatic carbocycles. The molecule has 0 atom stereocenters. The number of anilines is 1. The number of nitrogens with zero attached hydrogens (tertiary/aromatic N) is 4. The van der Waals surface area contributed by atoms with Gasteiger partial charge < -0.3 is 15.5 Å². The van der Waals surface area contributed by atoms with Gasteiger partial charge in [0, 0.05) is 39.1 Å². The molecule has 0 aliphatic rings. The average molecular weight is 251 g/mol. The number of rotatable bonds is 6. The van der Waals surface area contributed by atoms with Gasteiger partial charge in [0.25, 0.3) is 0 Å². The summed E-state index contributed by atoms with van der Waals surface area (Å²) in [7, 11) is 1.82. The minimum Gasteiger partial charge on any atom is -0.349 e. The van der Waals surface area contributed by atoms with Crippen molar-refractivity contribution in [1.29, 1.82) is 0 Å². The van der Waals surface area contributed by atoms with Crippen molar-refractivity contribution in [1.82, 2.24) is 14.9 Å². The van der Waals surface area contributed by atoms with Crippen molar-refractivity contribution in [2.24, 2.45) is 5.73 Å². The van der Waals surface area contributed by atoms with Crippen molar-refractivity contribution in [3.8, 4) is 0 Å². The molecule has 0 spiro atoms. The highest BCUT2D eigenvalue weighted by Crippen LogP contribution is 2.12. The molecule has 2 N–H and O–H groups in total. The van der Waals surface area contributed by atoms with Gasteiger partial charge in [-0.25, -0.2) is 4.98 Å². The van der Waals surface area contributed by atoms with Crippen LogP contribution in [0, 0.1) is 0 Å². The number of likely N-dealkylation sites (N-methyl/N-ethyl adjacent to an activating group) is 2. The van der Waals surface area contributed by atoms with Gasteiger partial charge in [-0.1, -0.05) is 0 Å². The van der Waals surface area contributed by atoms with E-state index in [4.69, 9.17) is 5.73 Å². The van der Waals surface area contributed by atoms with E-state index in [0.717, 1.165) is 0 Å². The van der Waals surface area contributed by atoms with Gasteiger partial charge >= 0.3 is 0 Å². The Kier molecular flexibility index (Phi) is 5.51. The first-order valence-corrected chi connectivity index (χ1v) is 6.12. The summed E-state index contributed by atoms with van der Waals surface area (Å²) in [4.78, 5) is 24.0. The maximum absolute atomic E-state index is 12.0. The first-order chi connectivity index (χ1) is 8.63. The molecular formula is C12H21N5O. The number of nitrogens with two attached hydrogens (primary N) is 1. The summed E-state index contributed by atoms with van der Waals surface area (Å²) in [5.41, 5.74) is 6.31. The summed E-state index contributed by atoms with van der Waals surface area (Å²) in [6.07, 6.45) is 3.21. The van der Waals surface area contributed by atoms with Crippen molar-refractivity contribution in [2.45, 2.75) is 20.4 Å². The fourth-order valence-corrected chi connectivity index (χ4v) is 1.78. The highest BCUT2D eigenvalue weighted by Gasteiger charge is 2.15. The number of carbonyl (C=O) groups is 1. The van der Waals surface area contributed by atoms with Crippen LogP contribution in [0.5, 0.6) is 0 Å². The third-order valence-electron chi connectivity index (χ3n) is 2.80. The molecular weight excluding hydrogens is 230 g/mol. The molecule has 0 saturated carbocycles. The van der Waals surface area contributed by atoms with Crippen LogP contribution in [0.3, 0.4) is 0 Å². The molecule has 0 saturated heterocycles. The highest BCUT2D eigenvalue weighted by molar-refractivity contribution is 5.81. The summed E-state index contributed by atoms with van der Waals surface area (Å²) in [6.45, 7) is 5.96. The zero-order valence-corrected chi connectivity index (χ0v) is 11.3. The Balaban J connectivity index is 2.76.